The zero-order valence-corrected chi connectivity index (χ0v) is 10.7. The Morgan fingerprint density at radius 2 is 2.17 bits per heavy atom. The lowest BCUT2D eigenvalue weighted by Crippen LogP contribution is -2.10. The number of anilines is 2. The van der Waals surface area contributed by atoms with Gasteiger partial charge in [-0.25, -0.2) is 0 Å². The lowest BCUT2D eigenvalue weighted by atomic mass is 10.3. The number of nitrogens with two attached hydrogens (primary N) is 1. The Hall–Kier alpha value is -2.17. The number of benzene rings is 1. The van der Waals surface area contributed by atoms with E-state index in [9.17, 15) is 0 Å². The molecule has 0 spiro atoms. The van der Waals surface area contributed by atoms with Gasteiger partial charge in [-0.3, -0.25) is 4.68 Å². The average Bonchev–Trinajstić information content (AvgIpc) is 2.75. The Balaban J connectivity index is 1.88. The normalized spacial score (nSPS) is 10.3. The summed E-state index contributed by atoms with van der Waals surface area (Å²) in [5.74, 6) is 1.39. The minimum absolute atomic E-state index is 0.532. The average molecular weight is 246 g/mol. The van der Waals surface area contributed by atoms with E-state index in [1.54, 1.807) is 10.7 Å². The molecule has 0 amide bonds. The summed E-state index contributed by atoms with van der Waals surface area (Å²) in [5.41, 5.74) is 6.66. The first-order valence-corrected chi connectivity index (χ1v) is 5.84. The Kier molecular flexibility index (Phi) is 3.72. The van der Waals surface area contributed by atoms with Crippen molar-refractivity contribution in [1.82, 2.24) is 9.78 Å². The van der Waals surface area contributed by atoms with Crippen molar-refractivity contribution < 1.29 is 4.74 Å². The topological polar surface area (TPSA) is 56.3 Å². The molecule has 2 rings (SSSR count). The summed E-state index contributed by atoms with van der Waals surface area (Å²) in [4.78, 5) is 2.04. The van der Waals surface area contributed by atoms with Crippen LogP contribution in [-0.2, 0) is 6.54 Å². The fourth-order valence-corrected chi connectivity index (χ4v) is 1.61. The molecule has 0 fully saturated rings. The first-order valence-electron chi connectivity index (χ1n) is 5.84. The summed E-state index contributed by atoms with van der Waals surface area (Å²) in [6.07, 6.45) is 1.84. The number of hydrogen-bond acceptors (Lipinski definition) is 4. The monoisotopic (exact) mass is 246 g/mol. The van der Waals surface area contributed by atoms with Crippen LogP contribution in [0.15, 0.2) is 36.5 Å². The summed E-state index contributed by atoms with van der Waals surface area (Å²) in [5, 5.41) is 4.09. The molecule has 0 aliphatic carbocycles. The minimum atomic E-state index is 0.532. The van der Waals surface area contributed by atoms with Crippen LogP contribution in [0.25, 0.3) is 0 Å². The molecule has 5 heteroatoms. The minimum Gasteiger partial charge on any atom is -0.492 e. The Morgan fingerprint density at radius 1 is 1.33 bits per heavy atom. The summed E-state index contributed by atoms with van der Waals surface area (Å²) in [6.45, 7) is 1.25. The molecule has 1 aromatic carbocycles. The maximum atomic E-state index is 5.68. The van der Waals surface area contributed by atoms with Gasteiger partial charge in [0.25, 0.3) is 0 Å². The molecule has 0 bridgehead atoms. The van der Waals surface area contributed by atoms with Gasteiger partial charge in [0.2, 0.25) is 0 Å². The van der Waals surface area contributed by atoms with Crippen LogP contribution < -0.4 is 15.4 Å². The van der Waals surface area contributed by atoms with Crippen molar-refractivity contribution in [3.8, 4) is 5.75 Å². The van der Waals surface area contributed by atoms with E-state index in [1.165, 1.54) is 0 Å². The van der Waals surface area contributed by atoms with E-state index < -0.39 is 0 Å². The van der Waals surface area contributed by atoms with E-state index >= 15 is 0 Å². The molecule has 2 N–H and O–H groups in total. The summed E-state index contributed by atoms with van der Waals surface area (Å²) < 4.78 is 7.45. The highest BCUT2D eigenvalue weighted by atomic mass is 16.5. The van der Waals surface area contributed by atoms with E-state index in [0.717, 1.165) is 11.4 Å². The third kappa shape index (κ3) is 3.16. The fraction of sp³-hybridized carbons (Fsp3) is 0.308. The molecule has 5 nitrogen and oxygen atoms in total. The van der Waals surface area contributed by atoms with Crippen molar-refractivity contribution in [2.75, 3.05) is 31.3 Å². The van der Waals surface area contributed by atoms with Gasteiger partial charge >= 0.3 is 0 Å². The Morgan fingerprint density at radius 3 is 2.83 bits per heavy atom. The van der Waals surface area contributed by atoms with Crippen molar-refractivity contribution in [1.29, 1.82) is 0 Å². The molecule has 0 radical (unpaired) electrons. The van der Waals surface area contributed by atoms with Gasteiger partial charge in [-0.15, -0.1) is 0 Å². The number of rotatable bonds is 5. The number of nitrogens with zero attached hydrogens (tertiary/aromatic N) is 3. The second kappa shape index (κ2) is 5.44. The summed E-state index contributed by atoms with van der Waals surface area (Å²) in [7, 11) is 4.01. The van der Waals surface area contributed by atoms with Gasteiger partial charge in [0, 0.05) is 32.0 Å². The molecule has 0 unspecified atom stereocenters. The van der Waals surface area contributed by atoms with Crippen LogP contribution in [0, 0.1) is 0 Å². The first kappa shape index (κ1) is 12.3. The van der Waals surface area contributed by atoms with Gasteiger partial charge in [-0.05, 0) is 18.2 Å². The third-order valence-electron chi connectivity index (χ3n) is 2.58. The largest absolute Gasteiger partial charge is 0.492 e. The van der Waals surface area contributed by atoms with Crippen molar-refractivity contribution in [2.45, 2.75) is 6.54 Å². The van der Waals surface area contributed by atoms with Gasteiger partial charge < -0.3 is 15.4 Å². The Labute approximate surface area is 107 Å². The summed E-state index contributed by atoms with van der Waals surface area (Å²) >= 11 is 0. The number of ether oxygens (including phenoxy) is 1. The second-order valence-corrected chi connectivity index (χ2v) is 4.24. The highest BCUT2D eigenvalue weighted by Crippen LogP contribution is 2.19. The Bertz CT molecular complexity index is 507. The van der Waals surface area contributed by atoms with E-state index in [4.69, 9.17) is 10.5 Å². The molecular formula is C13H18N4O. The van der Waals surface area contributed by atoms with Crippen LogP contribution >= 0.6 is 0 Å². The van der Waals surface area contributed by atoms with Crippen molar-refractivity contribution >= 4 is 11.5 Å². The summed E-state index contributed by atoms with van der Waals surface area (Å²) in [6, 6.07) is 9.76. The maximum Gasteiger partial charge on any atom is 0.145 e. The van der Waals surface area contributed by atoms with Crippen LogP contribution in [0.2, 0.25) is 0 Å². The third-order valence-corrected chi connectivity index (χ3v) is 2.58. The van der Waals surface area contributed by atoms with E-state index in [0.29, 0.717) is 19.0 Å². The van der Waals surface area contributed by atoms with Gasteiger partial charge in [-0.1, -0.05) is 6.07 Å². The van der Waals surface area contributed by atoms with E-state index in [-0.39, 0.29) is 0 Å². The van der Waals surface area contributed by atoms with Crippen LogP contribution in [0.3, 0.4) is 0 Å². The van der Waals surface area contributed by atoms with Crippen LogP contribution in [0.5, 0.6) is 5.75 Å². The van der Waals surface area contributed by atoms with Gasteiger partial charge in [0.15, 0.2) is 0 Å². The molecule has 2 aromatic rings. The predicted molar refractivity (Wildman–Crippen MR) is 72.9 cm³/mol. The van der Waals surface area contributed by atoms with Gasteiger partial charge in [-0.2, -0.15) is 5.10 Å². The molecule has 96 valence electrons. The number of hydrogen-bond donors (Lipinski definition) is 1. The first-order chi connectivity index (χ1) is 8.65. The van der Waals surface area contributed by atoms with Crippen molar-refractivity contribution in [2.24, 2.45) is 0 Å². The molecule has 1 heterocycles. The predicted octanol–water partition coefficient (Wildman–Crippen LogP) is 1.61. The molecule has 0 saturated carbocycles. The van der Waals surface area contributed by atoms with E-state index in [1.807, 2.05) is 49.5 Å². The van der Waals surface area contributed by atoms with Crippen LogP contribution in [-0.4, -0.2) is 30.5 Å². The quantitative estimate of drug-likeness (QED) is 0.870. The molecule has 1 aromatic heterocycles. The zero-order valence-electron chi connectivity index (χ0n) is 10.7. The van der Waals surface area contributed by atoms with Gasteiger partial charge in [0.05, 0.1) is 6.54 Å². The molecule has 18 heavy (non-hydrogen) atoms. The van der Waals surface area contributed by atoms with Crippen LogP contribution in [0.1, 0.15) is 0 Å². The number of nitrogen functional groups attached to an aromatic ring is 1. The standard InChI is InChI=1S/C13H18N4O/c1-16(2)11-4-3-5-12(10-11)18-9-8-17-7-6-13(14)15-17/h3-7,10H,8-9H2,1-2H3,(H2,14,15). The molecule has 0 aliphatic heterocycles. The maximum absolute atomic E-state index is 5.68. The van der Waals surface area contributed by atoms with Crippen molar-refractivity contribution in [3.63, 3.8) is 0 Å². The molecule has 0 aliphatic rings. The van der Waals surface area contributed by atoms with Gasteiger partial charge in [0.1, 0.15) is 18.2 Å². The SMILES string of the molecule is CN(C)c1cccc(OCCn2ccc(N)n2)c1. The van der Waals surface area contributed by atoms with Crippen LogP contribution in [0.4, 0.5) is 11.5 Å². The fourth-order valence-electron chi connectivity index (χ4n) is 1.61. The van der Waals surface area contributed by atoms with Crippen molar-refractivity contribution in [3.05, 3.63) is 36.5 Å². The molecule has 0 atom stereocenters. The highest BCUT2D eigenvalue weighted by molar-refractivity contribution is 5.49. The molecule has 0 saturated heterocycles. The smallest absolute Gasteiger partial charge is 0.145 e. The second-order valence-electron chi connectivity index (χ2n) is 4.24. The molecular weight excluding hydrogens is 228 g/mol. The lowest BCUT2D eigenvalue weighted by molar-refractivity contribution is 0.291. The lowest BCUT2D eigenvalue weighted by Gasteiger charge is -2.14. The highest BCUT2D eigenvalue weighted by Gasteiger charge is 1.99. The van der Waals surface area contributed by atoms with E-state index in [2.05, 4.69) is 5.10 Å². The number of aromatic nitrogens is 2. The zero-order chi connectivity index (χ0) is 13.0.